The summed E-state index contributed by atoms with van der Waals surface area (Å²) in [5, 5.41) is 3.61. The molecular formula is C14H10F3N3O. The highest BCUT2D eigenvalue weighted by Crippen LogP contribution is 2.32. The average molecular weight is 293 g/mol. The van der Waals surface area contributed by atoms with Crippen LogP contribution < -0.4 is 0 Å². The monoisotopic (exact) mass is 293 g/mol. The van der Waals surface area contributed by atoms with Crippen molar-refractivity contribution in [2.75, 3.05) is 0 Å². The Morgan fingerprint density at radius 1 is 1.19 bits per heavy atom. The van der Waals surface area contributed by atoms with Crippen LogP contribution in [0, 0.1) is 6.92 Å². The quantitative estimate of drug-likeness (QED) is 0.720. The van der Waals surface area contributed by atoms with E-state index in [4.69, 9.17) is 4.42 Å². The zero-order chi connectivity index (χ0) is 15.0. The maximum absolute atomic E-state index is 12.9. The number of furan rings is 1. The van der Waals surface area contributed by atoms with E-state index in [2.05, 4.69) is 10.1 Å². The van der Waals surface area contributed by atoms with Crippen molar-refractivity contribution in [3.8, 4) is 17.3 Å². The van der Waals surface area contributed by atoms with Crippen molar-refractivity contribution >= 4 is 0 Å². The van der Waals surface area contributed by atoms with Gasteiger partial charge in [-0.25, -0.2) is 9.67 Å². The molecular weight excluding hydrogens is 283 g/mol. The first-order valence-electron chi connectivity index (χ1n) is 6.09. The maximum Gasteiger partial charge on any atom is 0.435 e. The van der Waals surface area contributed by atoms with E-state index in [9.17, 15) is 13.2 Å². The lowest BCUT2D eigenvalue weighted by Crippen LogP contribution is -2.08. The van der Waals surface area contributed by atoms with Crippen LogP contribution in [0.3, 0.4) is 0 Å². The summed E-state index contributed by atoms with van der Waals surface area (Å²) in [6.45, 7) is 1.84. The van der Waals surface area contributed by atoms with Crippen molar-refractivity contribution in [2.45, 2.75) is 13.1 Å². The highest BCUT2D eigenvalue weighted by molar-refractivity contribution is 5.56. The Hall–Kier alpha value is -2.57. The first-order valence-corrected chi connectivity index (χ1v) is 6.09. The molecule has 0 saturated carbocycles. The predicted octanol–water partition coefficient (Wildman–Crippen LogP) is 3.85. The first kappa shape index (κ1) is 13.4. The van der Waals surface area contributed by atoms with Gasteiger partial charge < -0.3 is 4.42 Å². The Bertz CT molecular complexity index is 743. The number of aromatic nitrogens is 3. The molecule has 0 spiro atoms. The first-order chi connectivity index (χ1) is 9.95. The van der Waals surface area contributed by atoms with Crippen molar-refractivity contribution in [1.29, 1.82) is 0 Å². The highest BCUT2D eigenvalue weighted by atomic mass is 19.4. The van der Waals surface area contributed by atoms with Gasteiger partial charge in [-0.15, -0.1) is 0 Å². The van der Waals surface area contributed by atoms with E-state index in [0.717, 1.165) is 16.3 Å². The minimum atomic E-state index is -4.53. The van der Waals surface area contributed by atoms with E-state index >= 15 is 0 Å². The smallest absolute Gasteiger partial charge is 0.435 e. The standard InChI is InChI=1S/C14H10F3N3O/c1-9-4-5-13(18-8-9)20-10(11-3-2-6-21-11)7-12(19-20)14(15,16)17/h2-8H,1H3. The molecule has 4 nitrogen and oxygen atoms in total. The molecule has 108 valence electrons. The van der Waals surface area contributed by atoms with Crippen LogP contribution >= 0.6 is 0 Å². The van der Waals surface area contributed by atoms with Gasteiger partial charge in [0.2, 0.25) is 0 Å². The van der Waals surface area contributed by atoms with Gasteiger partial charge in [0.05, 0.1) is 6.26 Å². The van der Waals surface area contributed by atoms with Crippen LogP contribution in [-0.4, -0.2) is 14.8 Å². The molecule has 0 saturated heterocycles. The van der Waals surface area contributed by atoms with Crippen molar-refractivity contribution in [2.24, 2.45) is 0 Å². The normalized spacial score (nSPS) is 11.8. The number of hydrogen-bond acceptors (Lipinski definition) is 3. The van der Waals surface area contributed by atoms with Crippen molar-refractivity contribution in [3.05, 3.63) is 54.0 Å². The molecule has 3 aromatic rings. The maximum atomic E-state index is 12.9. The number of aryl methyl sites for hydroxylation is 1. The van der Waals surface area contributed by atoms with Gasteiger partial charge in [0.25, 0.3) is 0 Å². The van der Waals surface area contributed by atoms with Crippen LogP contribution in [0.4, 0.5) is 13.2 Å². The molecule has 3 rings (SSSR count). The van der Waals surface area contributed by atoms with Crippen LogP contribution in [-0.2, 0) is 6.18 Å². The third-order valence-electron chi connectivity index (χ3n) is 2.89. The minimum Gasteiger partial charge on any atom is -0.463 e. The van der Waals surface area contributed by atoms with Crippen LogP contribution in [0.2, 0.25) is 0 Å². The molecule has 0 unspecified atom stereocenters. The summed E-state index contributed by atoms with van der Waals surface area (Å²) < 4.78 is 44.9. The lowest BCUT2D eigenvalue weighted by Gasteiger charge is -2.05. The van der Waals surface area contributed by atoms with E-state index in [0.29, 0.717) is 11.6 Å². The fraction of sp³-hybridized carbons (Fsp3) is 0.143. The number of halogens is 3. The zero-order valence-electron chi connectivity index (χ0n) is 10.9. The van der Waals surface area contributed by atoms with Crippen molar-refractivity contribution < 1.29 is 17.6 Å². The number of alkyl halides is 3. The molecule has 0 amide bonds. The number of pyridine rings is 1. The fourth-order valence-corrected chi connectivity index (χ4v) is 1.88. The third kappa shape index (κ3) is 2.54. The molecule has 21 heavy (non-hydrogen) atoms. The number of hydrogen-bond donors (Lipinski definition) is 0. The summed E-state index contributed by atoms with van der Waals surface area (Å²) in [7, 11) is 0. The van der Waals surface area contributed by atoms with Gasteiger partial charge in [-0.2, -0.15) is 18.3 Å². The molecule has 0 fully saturated rings. The lowest BCUT2D eigenvalue weighted by atomic mass is 10.3. The molecule has 0 radical (unpaired) electrons. The Balaban J connectivity index is 2.18. The van der Waals surface area contributed by atoms with E-state index < -0.39 is 11.9 Å². The molecule has 0 N–H and O–H groups in total. The molecule has 0 bridgehead atoms. The Morgan fingerprint density at radius 2 is 2.00 bits per heavy atom. The van der Waals surface area contributed by atoms with Crippen LogP contribution in [0.5, 0.6) is 0 Å². The Kier molecular flexibility index (Phi) is 3.04. The number of nitrogens with zero attached hydrogens (tertiary/aromatic N) is 3. The van der Waals surface area contributed by atoms with Gasteiger partial charge in [-0.05, 0) is 30.7 Å². The molecule has 0 aliphatic carbocycles. The topological polar surface area (TPSA) is 43.9 Å². The summed E-state index contributed by atoms with van der Waals surface area (Å²) in [4.78, 5) is 4.11. The zero-order valence-corrected chi connectivity index (χ0v) is 10.9. The van der Waals surface area contributed by atoms with E-state index in [1.165, 1.54) is 6.26 Å². The Morgan fingerprint density at radius 3 is 2.57 bits per heavy atom. The number of rotatable bonds is 2. The lowest BCUT2D eigenvalue weighted by molar-refractivity contribution is -0.141. The summed E-state index contributed by atoms with van der Waals surface area (Å²) in [6, 6.07) is 7.48. The molecule has 0 atom stereocenters. The van der Waals surface area contributed by atoms with Gasteiger partial charge in [0.15, 0.2) is 17.3 Å². The molecule has 7 heteroatoms. The molecule has 0 aromatic carbocycles. The van der Waals surface area contributed by atoms with Crippen LogP contribution in [0.15, 0.2) is 47.2 Å². The van der Waals surface area contributed by atoms with Gasteiger partial charge in [-0.1, -0.05) is 6.07 Å². The van der Waals surface area contributed by atoms with Crippen molar-refractivity contribution in [1.82, 2.24) is 14.8 Å². The fourth-order valence-electron chi connectivity index (χ4n) is 1.88. The van der Waals surface area contributed by atoms with Gasteiger partial charge in [-0.3, -0.25) is 0 Å². The SMILES string of the molecule is Cc1ccc(-n2nc(C(F)(F)F)cc2-c2ccco2)nc1. The summed E-state index contributed by atoms with van der Waals surface area (Å²) in [5.41, 5.74) is 0.112. The minimum absolute atomic E-state index is 0.198. The molecule has 3 heterocycles. The van der Waals surface area contributed by atoms with Crippen molar-refractivity contribution in [3.63, 3.8) is 0 Å². The third-order valence-corrected chi connectivity index (χ3v) is 2.89. The second kappa shape index (κ2) is 4.76. The van der Waals surface area contributed by atoms with Crippen LogP contribution in [0.1, 0.15) is 11.3 Å². The summed E-state index contributed by atoms with van der Waals surface area (Å²) in [6.07, 6.45) is -1.57. The van der Waals surface area contributed by atoms with E-state index in [1.807, 2.05) is 6.92 Å². The second-order valence-electron chi connectivity index (χ2n) is 4.50. The molecule has 0 aliphatic heterocycles. The highest BCUT2D eigenvalue weighted by Gasteiger charge is 2.35. The summed E-state index contributed by atoms with van der Waals surface area (Å²) in [5.74, 6) is 0.586. The Labute approximate surface area is 117 Å². The molecule has 3 aromatic heterocycles. The largest absolute Gasteiger partial charge is 0.463 e. The van der Waals surface area contributed by atoms with Gasteiger partial charge in [0, 0.05) is 12.3 Å². The molecule has 0 aliphatic rings. The van der Waals surface area contributed by atoms with E-state index in [1.54, 1.807) is 30.5 Å². The average Bonchev–Trinajstić information content (AvgIpc) is 3.07. The van der Waals surface area contributed by atoms with Gasteiger partial charge in [0.1, 0.15) is 5.69 Å². The predicted molar refractivity (Wildman–Crippen MR) is 68.8 cm³/mol. The second-order valence-corrected chi connectivity index (χ2v) is 4.50. The van der Waals surface area contributed by atoms with Crippen LogP contribution in [0.25, 0.3) is 17.3 Å². The summed E-state index contributed by atoms with van der Waals surface area (Å²) >= 11 is 0. The van der Waals surface area contributed by atoms with Gasteiger partial charge >= 0.3 is 6.18 Å². The van der Waals surface area contributed by atoms with E-state index in [-0.39, 0.29) is 5.69 Å².